The van der Waals surface area contributed by atoms with Gasteiger partial charge in [-0.15, -0.1) is 24.0 Å². The Hall–Kier alpha value is -1.09. The molecule has 7 heteroatoms. The molecular formula is C15H26IN5O. The van der Waals surface area contributed by atoms with Gasteiger partial charge in [-0.05, 0) is 19.8 Å². The molecule has 1 fully saturated rings. The first-order valence-corrected chi connectivity index (χ1v) is 7.40. The minimum Gasteiger partial charge on any atom is -0.364 e. The van der Waals surface area contributed by atoms with Crippen molar-refractivity contribution >= 4 is 29.9 Å². The number of piperidine rings is 1. The largest absolute Gasteiger partial charge is 0.364 e. The van der Waals surface area contributed by atoms with Crippen LogP contribution in [0.25, 0.3) is 0 Å². The maximum atomic E-state index is 4.81. The highest BCUT2D eigenvalue weighted by atomic mass is 127. The van der Waals surface area contributed by atoms with Crippen LogP contribution in [-0.2, 0) is 6.54 Å². The summed E-state index contributed by atoms with van der Waals surface area (Å²) in [5, 5.41) is 10.6. The highest BCUT2D eigenvalue weighted by molar-refractivity contribution is 14.0. The molecule has 22 heavy (non-hydrogen) atoms. The van der Waals surface area contributed by atoms with Gasteiger partial charge in [0.1, 0.15) is 12.0 Å². The molecule has 2 N–H and O–H groups in total. The summed E-state index contributed by atoms with van der Waals surface area (Å²) < 4.78 is 4.81. The number of aromatic nitrogens is 1. The topological polar surface area (TPSA) is 65.7 Å². The predicted molar refractivity (Wildman–Crippen MR) is 99.5 cm³/mol. The van der Waals surface area contributed by atoms with Gasteiger partial charge < -0.3 is 15.2 Å². The summed E-state index contributed by atoms with van der Waals surface area (Å²) in [4.78, 5) is 6.71. The predicted octanol–water partition coefficient (Wildman–Crippen LogP) is 2.00. The second kappa shape index (κ2) is 9.83. The van der Waals surface area contributed by atoms with Crippen LogP contribution in [0.1, 0.15) is 25.5 Å². The number of aliphatic imine (C=N–C) groups is 1. The fraction of sp³-hybridized carbons (Fsp3) is 0.600. The minimum atomic E-state index is 0. The molecule has 2 rings (SSSR count). The molecule has 0 aromatic carbocycles. The first-order valence-electron chi connectivity index (χ1n) is 7.40. The molecule has 2 heterocycles. The summed E-state index contributed by atoms with van der Waals surface area (Å²) in [6, 6.07) is 2.31. The van der Waals surface area contributed by atoms with E-state index in [-0.39, 0.29) is 24.0 Å². The van der Waals surface area contributed by atoms with Crippen LogP contribution in [0.2, 0.25) is 0 Å². The van der Waals surface area contributed by atoms with Crippen LogP contribution in [-0.4, -0.2) is 48.7 Å². The third-order valence-corrected chi connectivity index (χ3v) is 3.57. The third kappa shape index (κ3) is 6.35. The van der Waals surface area contributed by atoms with E-state index in [2.05, 4.69) is 39.2 Å². The number of guanidine groups is 1. The molecule has 0 aliphatic carbocycles. The van der Waals surface area contributed by atoms with E-state index >= 15 is 0 Å². The van der Waals surface area contributed by atoms with E-state index in [9.17, 15) is 0 Å². The summed E-state index contributed by atoms with van der Waals surface area (Å²) in [7, 11) is 1.79. The number of hydrogen-bond acceptors (Lipinski definition) is 4. The molecule has 0 saturated carbocycles. The van der Waals surface area contributed by atoms with Crippen molar-refractivity contribution in [2.75, 3.05) is 26.7 Å². The zero-order valence-corrected chi connectivity index (χ0v) is 15.7. The number of rotatable bonds is 5. The fourth-order valence-corrected chi connectivity index (χ4v) is 2.51. The van der Waals surface area contributed by atoms with E-state index in [0.29, 0.717) is 12.6 Å². The zero-order chi connectivity index (χ0) is 15.1. The van der Waals surface area contributed by atoms with Gasteiger partial charge in [-0.25, -0.2) is 0 Å². The van der Waals surface area contributed by atoms with Gasteiger partial charge in [-0.3, -0.25) is 9.89 Å². The summed E-state index contributed by atoms with van der Waals surface area (Å²) in [5.41, 5.74) is 2.10. The normalized spacial score (nSPS) is 16.9. The molecule has 0 amide bonds. The van der Waals surface area contributed by atoms with Gasteiger partial charge in [0.2, 0.25) is 0 Å². The van der Waals surface area contributed by atoms with Gasteiger partial charge in [0.15, 0.2) is 5.96 Å². The van der Waals surface area contributed by atoms with Gasteiger partial charge >= 0.3 is 0 Å². The van der Waals surface area contributed by atoms with Crippen molar-refractivity contribution in [3.05, 3.63) is 30.2 Å². The quantitative estimate of drug-likeness (QED) is 0.331. The molecule has 0 spiro atoms. The molecule has 6 nitrogen and oxygen atoms in total. The maximum Gasteiger partial charge on any atom is 0.191 e. The zero-order valence-electron chi connectivity index (χ0n) is 13.3. The highest BCUT2D eigenvalue weighted by Gasteiger charge is 2.19. The minimum absolute atomic E-state index is 0. The van der Waals surface area contributed by atoms with Crippen molar-refractivity contribution in [3.63, 3.8) is 0 Å². The second-order valence-electron chi connectivity index (χ2n) is 5.57. The molecule has 0 bridgehead atoms. The first kappa shape index (κ1) is 19.0. The monoisotopic (exact) mass is 419 g/mol. The summed E-state index contributed by atoms with van der Waals surface area (Å²) >= 11 is 0. The van der Waals surface area contributed by atoms with Crippen molar-refractivity contribution in [1.82, 2.24) is 20.7 Å². The number of likely N-dealkylation sites (tertiary alicyclic amines) is 1. The lowest BCUT2D eigenvalue weighted by Crippen LogP contribution is -2.48. The molecule has 1 aliphatic heterocycles. The van der Waals surface area contributed by atoms with Gasteiger partial charge in [0.05, 0.1) is 6.54 Å². The van der Waals surface area contributed by atoms with Crippen molar-refractivity contribution in [3.8, 4) is 0 Å². The second-order valence-corrected chi connectivity index (χ2v) is 5.57. The van der Waals surface area contributed by atoms with Crippen LogP contribution >= 0.6 is 24.0 Å². The lowest BCUT2D eigenvalue weighted by molar-refractivity contribution is 0.221. The van der Waals surface area contributed by atoms with E-state index < -0.39 is 0 Å². The molecule has 0 radical (unpaired) electrons. The summed E-state index contributed by atoms with van der Waals surface area (Å²) in [5.74, 6) is 0.816. The number of hydrogen-bond donors (Lipinski definition) is 2. The van der Waals surface area contributed by atoms with Crippen LogP contribution in [0.3, 0.4) is 0 Å². The van der Waals surface area contributed by atoms with Crippen LogP contribution < -0.4 is 10.6 Å². The van der Waals surface area contributed by atoms with E-state index in [1.165, 1.54) is 5.57 Å². The van der Waals surface area contributed by atoms with E-state index in [1.807, 2.05) is 6.07 Å². The van der Waals surface area contributed by atoms with E-state index in [1.54, 1.807) is 13.3 Å². The molecule has 0 atom stereocenters. The van der Waals surface area contributed by atoms with Crippen molar-refractivity contribution in [1.29, 1.82) is 0 Å². The Balaban J connectivity index is 0.00000242. The molecule has 1 aromatic heterocycles. The summed E-state index contributed by atoms with van der Waals surface area (Å²) in [6.07, 6.45) is 3.82. The molecule has 124 valence electrons. The maximum absolute atomic E-state index is 4.81. The van der Waals surface area contributed by atoms with E-state index in [0.717, 1.165) is 44.1 Å². The highest BCUT2D eigenvalue weighted by Crippen LogP contribution is 2.11. The van der Waals surface area contributed by atoms with Gasteiger partial charge in [-0.2, -0.15) is 0 Å². The van der Waals surface area contributed by atoms with Crippen molar-refractivity contribution in [2.24, 2.45) is 4.99 Å². The molecular weight excluding hydrogens is 393 g/mol. The smallest absolute Gasteiger partial charge is 0.191 e. The Morgan fingerprint density at radius 1 is 1.50 bits per heavy atom. The lowest BCUT2D eigenvalue weighted by Gasteiger charge is -2.33. The molecule has 0 unspecified atom stereocenters. The Bertz CT molecular complexity index is 466. The molecule has 1 aliphatic rings. The molecule has 1 aromatic rings. The average Bonchev–Trinajstić information content (AvgIpc) is 2.98. The van der Waals surface area contributed by atoms with Crippen LogP contribution in [0.5, 0.6) is 0 Å². The number of halogens is 1. The average molecular weight is 419 g/mol. The molecule has 1 saturated heterocycles. The van der Waals surface area contributed by atoms with Crippen LogP contribution in [0, 0.1) is 0 Å². The third-order valence-electron chi connectivity index (χ3n) is 3.57. The van der Waals surface area contributed by atoms with Crippen molar-refractivity contribution < 1.29 is 4.52 Å². The van der Waals surface area contributed by atoms with Crippen LogP contribution in [0.15, 0.2) is 34.0 Å². The van der Waals surface area contributed by atoms with E-state index in [4.69, 9.17) is 4.52 Å². The van der Waals surface area contributed by atoms with Gasteiger partial charge in [-0.1, -0.05) is 17.3 Å². The Morgan fingerprint density at radius 3 is 2.77 bits per heavy atom. The number of nitrogens with zero attached hydrogens (tertiary/aromatic N) is 3. The SMILES string of the molecule is C=C(C)CN1CCC(NC(=NC)NCc2ccon2)CC1.I. The van der Waals surface area contributed by atoms with Crippen molar-refractivity contribution in [2.45, 2.75) is 32.4 Å². The Kier molecular flexibility index (Phi) is 8.47. The Morgan fingerprint density at radius 2 is 2.23 bits per heavy atom. The number of nitrogens with one attached hydrogen (secondary N) is 2. The lowest BCUT2D eigenvalue weighted by atomic mass is 10.0. The van der Waals surface area contributed by atoms with Gasteiger partial charge in [0.25, 0.3) is 0 Å². The Labute approximate surface area is 149 Å². The van der Waals surface area contributed by atoms with Gasteiger partial charge in [0, 0.05) is 38.8 Å². The standard InChI is InChI=1S/C15H25N5O.HI/c1-12(2)11-20-7-4-13(5-8-20)18-15(16-3)17-10-14-6-9-21-19-14;/h6,9,13H,1,4-5,7-8,10-11H2,2-3H3,(H2,16,17,18);1H. The first-order chi connectivity index (χ1) is 10.2. The summed E-state index contributed by atoms with van der Waals surface area (Å²) in [6.45, 7) is 9.89. The fourth-order valence-electron chi connectivity index (χ4n) is 2.51. The van der Waals surface area contributed by atoms with Crippen LogP contribution in [0.4, 0.5) is 0 Å².